The molecule has 0 fully saturated rings. The van der Waals surface area contributed by atoms with E-state index in [4.69, 9.17) is 4.74 Å². The predicted molar refractivity (Wildman–Crippen MR) is 104 cm³/mol. The lowest BCUT2D eigenvalue weighted by molar-refractivity contribution is -0.119. The molecule has 1 aromatic carbocycles. The molecular formula is C20H25NO3S. The summed E-state index contributed by atoms with van der Waals surface area (Å²) in [6, 6.07) is 7.65. The molecule has 0 spiro atoms. The van der Waals surface area contributed by atoms with Gasteiger partial charge >= 0.3 is 0 Å². The van der Waals surface area contributed by atoms with Crippen LogP contribution in [0.4, 0.5) is 0 Å². The van der Waals surface area contributed by atoms with Crippen LogP contribution in [0.25, 0.3) is 12.2 Å². The minimum atomic E-state index is -0.460. The highest BCUT2D eigenvalue weighted by atomic mass is 32.1. The molecule has 0 aliphatic carbocycles. The van der Waals surface area contributed by atoms with Crippen LogP contribution in [0.3, 0.4) is 0 Å². The molecule has 0 saturated carbocycles. The van der Waals surface area contributed by atoms with Gasteiger partial charge in [0.15, 0.2) is 5.78 Å². The van der Waals surface area contributed by atoms with Crippen molar-refractivity contribution in [1.82, 2.24) is 4.98 Å². The van der Waals surface area contributed by atoms with Gasteiger partial charge in [-0.25, -0.2) is 0 Å². The largest absolute Gasteiger partial charge is 0.494 e. The standard InChI is InChI=1S/C20H25NO3S/c1-5-6-11-24-15-9-7-14(8-10-15)12-16-19(23)21-18(25-16)13-17(22)20(2,3)4/h7-10,12-13H,5-6,11H2,1-4H3,(H,21,23). The number of ketones is 1. The number of hydrogen-bond donors (Lipinski definition) is 1. The maximum absolute atomic E-state index is 12.1. The molecule has 1 N–H and O–H groups in total. The first-order chi connectivity index (χ1) is 11.8. The van der Waals surface area contributed by atoms with Crippen molar-refractivity contribution in [2.75, 3.05) is 6.61 Å². The second kappa shape index (κ2) is 8.30. The Balaban J connectivity index is 2.23. The van der Waals surface area contributed by atoms with Crippen molar-refractivity contribution in [3.05, 3.63) is 49.4 Å². The lowest BCUT2D eigenvalue weighted by Gasteiger charge is -2.12. The maximum Gasteiger partial charge on any atom is 0.266 e. The fourth-order valence-electron chi connectivity index (χ4n) is 2.01. The van der Waals surface area contributed by atoms with Gasteiger partial charge in [0.05, 0.1) is 15.8 Å². The Morgan fingerprint density at radius 2 is 1.92 bits per heavy atom. The van der Waals surface area contributed by atoms with E-state index in [9.17, 15) is 9.59 Å². The third kappa shape index (κ3) is 5.71. The van der Waals surface area contributed by atoms with Gasteiger partial charge in [-0.2, -0.15) is 0 Å². The molecule has 0 aliphatic heterocycles. The van der Waals surface area contributed by atoms with E-state index in [1.165, 1.54) is 17.4 Å². The van der Waals surface area contributed by atoms with Crippen LogP contribution in [0, 0.1) is 5.41 Å². The number of benzene rings is 1. The molecule has 1 aromatic heterocycles. The van der Waals surface area contributed by atoms with Crippen LogP contribution in [0.2, 0.25) is 0 Å². The summed E-state index contributed by atoms with van der Waals surface area (Å²) in [6.07, 6.45) is 5.46. The highest BCUT2D eigenvalue weighted by Gasteiger charge is 2.18. The van der Waals surface area contributed by atoms with Gasteiger partial charge in [0.2, 0.25) is 0 Å². The Bertz CT molecular complexity index is 883. The summed E-state index contributed by atoms with van der Waals surface area (Å²) < 4.78 is 6.79. The van der Waals surface area contributed by atoms with Crippen LogP contribution in [0.1, 0.15) is 46.1 Å². The first-order valence-corrected chi connectivity index (χ1v) is 9.31. The molecule has 0 bridgehead atoms. The summed E-state index contributed by atoms with van der Waals surface area (Å²) >= 11 is 1.29. The van der Waals surface area contributed by atoms with Gasteiger partial charge in [-0.15, -0.1) is 11.3 Å². The van der Waals surface area contributed by atoms with Crippen molar-refractivity contribution < 1.29 is 9.53 Å². The average Bonchev–Trinajstić information content (AvgIpc) is 2.88. The number of thiazole rings is 1. The number of hydrogen-bond acceptors (Lipinski definition) is 4. The summed E-state index contributed by atoms with van der Waals surface area (Å²) in [6.45, 7) is 8.41. The molecule has 134 valence electrons. The zero-order valence-electron chi connectivity index (χ0n) is 15.2. The molecule has 1 heterocycles. The number of aromatic nitrogens is 1. The predicted octanol–water partition coefficient (Wildman–Crippen LogP) is 2.84. The van der Waals surface area contributed by atoms with Crippen molar-refractivity contribution >= 4 is 29.3 Å². The third-order valence-electron chi connectivity index (χ3n) is 3.63. The van der Waals surface area contributed by atoms with Crippen LogP contribution >= 0.6 is 11.3 Å². The molecule has 0 amide bonds. The topological polar surface area (TPSA) is 59.2 Å². The minimum Gasteiger partial charge on any atom is -0.494 e. The molecule has 2 aromatic rings. The summed E-state index contributed by atoms with van der Waals surface area (Å²) in [4.78, 5) is 26.9. The van der Waals surface area contributed by atoms with Gasteiger partial charge in [-0.05, 0) is 30.2 Å². The third-order valence-corrected chi connectivity index (χ3v) is 4.59. The SMILES string of the molecule is CCCCOc1ccc(C=c2sc(=CC(=O)C(C)(C)C)[nH]c2=O)cc1. The van der Waals surface area contributed by atoms with E-state index in [2.05, 4.69) is 11.9 Å². The summed E-state index contributed by atoms with van der Waals surface area (Å²) in [5.41, 5.74) is 0.281. The lowest BCUT2D eigenvalue weighted by atomic mass is 9.91. The Kier molecular flexibility index (Phi) is 6.37. The van der Waals surface area contributed by atoms with Crippen LogP contribution in [-0.2, 0) is 4.79 Å². The molecule has 5 heteroatoms. The van der Waals surface area contributed by atoms with E-state index in [0.717, 1.165) is 24.2 Å². The fraction of sp³-hybridized carbons (Fsp3) is 0.400. The molecule has 0 radical (unpaired) electrons. The summed E-state index contributed by atoms with van der Waals surface area (Å²) in [7, 11) is 0. The van der Waals surface area contributed by atoms with Crippen LogP contribution in [0.5, 0.6) is 5.75 Å². The smallest absolute Gasteiger partial charge is 0.266 e. The van der Waals surface area contributed by atoms with Crippen molar-refractivity contribution in [3.63, 3.8) is 0 Å². The molecule has 0 saturated heterocycles. The zero-order valence-corrected chi connectivity index (χ0v) is 16.0. The number of rotatable bonds is 6. The maximum atomic E-state index is 12.1. The van der Waals surface area contributed by atoms with Crippen molar-refractivity contribution in [1.29, 1.82) is 0 Å². The number of carbonyl (C=O) groups is 1. The molecule has 4 nitrogen and oxygen atoms in total. The molecule has 0 unspecified atom stereocenters. The van der Waals surface area contributed by atoms with Gasteiger partial charge < -0.3 is 9.72 Å². The van der Waals surface area contributed by atoms with E-state index in [1.807, 2.05) is 51.1 Å². The highest BCUT2D eigenvalue weighted by Crippen LogP contribution is 2.15. The Labute approximate surface area is 151 Å². The minimum absolute atomic E-state index is 0.00914. The van der Waals surface area contributed by atoms with Gasteiger partial charge in [-0.3, -0.25) is 9.59 Å². The van der Waals surface area contributed by atoms with Gasteiger partial charge in [0.1, 0.15) is 5.75 Å². The fourth-order valence-corrected chi connectivity index (χ4v) is 2.89. The highest BCUT2D eigenvalue weighted by molar-refractivity contribution is 7.07. The Morgan fingerprint density at radius 1 is 1.24 bits per heavy atom. The number of aromatic amines is 1. The van der Waals surface area contributed by atoms with Crippen LogP contribution < -0.4 is 19.5 Å². The Morgan fingerprint density at radius 3 is 2.52 bits per heavy atom. The van der Waals surface area contributed by atoms with E-state index < -0.39 is 5.41 Å². The lowest BCUT2D eigenvalue weighted by Crippen LogP contribution is -2.22. The van der Waals surface area contributed by atoms with Crippen LogP contribution in [0.15, 0.2) is 29.1 Å². The number of H-pyrrole nitrogens is 1. The van der Waals surface area contributed by atoms with Crippen molar-refractivity contribution in [3.8, 4) is 5.75 Å². The monoisotopic (exact) mass is 359 g/mol. The number of Topliss-reactive ketones (excluding diaryl/α,β-unsaturated/α-hetero) is 1. The van der Waals surface area contributed by atoms with E-state index in [0.29, 0.717) is 15.8 Å². The van der Waals surface area contributed by atoms with E-state index >= 15 is 0 Å². The van der Waals surface area contributed by atoms with Gasteiger partial charge in [-0.1, -0.05) is 46.2 Å². The number of unbranched alkanes of at least 4 members (excludes halogenated alkanes) is 1. The van der Waals surface area contributed by atoms with Crippen molar-refractivity contribution in [2.24, 2.45) is 5.41 Å². The number of nitrogens with one attached hydrogen (secondary N) is 1. The molecule has 0 aliphatic rings. The second-order valence-electron chi connectivity index (χ2n) is 6.96. The van der Waals surface area contributed by atoms with E-state index in [1.54, 1.807) is 0 Å². The number of carbonyl (C=O) groups excluding carboxylic acids is 1. The molecular weight excluding hydrogens is 334 g/mol. The van der Waals surface area contributed by atoms with Crippen LogP contribution in [-0.4, -0.2) is 17.4 Å². The zero-order chi connectivity index (χ0) is 18.4. The average molecular weight is 359 g/mol. The molecule has 0 atom stereocenters. The first-order valence-electron chi connectivity index (χ1n) is 8.49. The quantitative estimate of drug-likeness (QED) is 0.807. The summed E-state index contributed by atoms with van der Waals surface area (Å²) in [5, 5.41) is 0. The molecule has 25 heavy (non-hydrogen) atoms. The van der Waals surface area contributed by atoms with Gasteiger partial charge in [0, 0.05) is 11.5 Å². The number of ether oxygens (including phenoxy) is 1. The summed E-state index contributed by atoms with van der Waals surface area (Å²) in [5.74, 6) is 0.820. The van der Waals surface area contributed by atoms with Gasteiger partial charge in [0.25, 0.3) is 5.56 Å². The molecule has 2 rings (SSSR count). The van der Waals surface area contributed by atoms with E-state index in [-0.39, 0.29) is 11.3 Å². The normalized spacial score (nSPS) is 13.3. The first kappa shape index (κ1) is 19.2. The van der Waals surface area contributed by atoms with Crippen molar-refractivity contribution in [2.45, 2.75) is 40.5 Å². The Hall–Kier alpha value is -2.14. The second-order valence-corrected chi connectivity index (χ2v) is 8.04.